The highest BCUT2D eigenvalue weighted by atomic mass is 32.2. The molecule has 0 aliphatic rings. The lowest BCUT2D eigenvalue weighted by atomic mass is 9.95. The van der Waals surface area contributed by atoms with Gasteiger partial charge < -0.3 is 5.11 Å². The summed E-state index contributed by atoms with van der Waals surface area (Å²) in [5.41, 5.74) is -1.32. The Morgan fingerprint density at radius 2 is 2.00 bits per heavy atom. The molecule has 0 heterocycles. The van der Waals surface area contributed by atoms with Gasteiger partial charge in [-0.1, -0.05) is 6.92 Å². The average Bonchev–Trinajstić information content (AvgIpc) is 1.56. The first-order chi connectivity index (χ1) is 4.63. The van der Waals surface area contributed by atoms with Crippen LogP contribution in [0.3, 0.4) is 0 Å². The maximum Gasteiger partial charge on any atom is 0.265 e. The Hall–Kier alpha value is -0.130. The summed E-state index contributed by atoms with van der Waals surface area (Å²) in [7, 11) is -4.01. The molecule has 2 N–H and O–H groups in total. The predicted molar refractivity (Wildman–Crippen MR) is 41.6 cm³/mol. The van der Waals surface area contributed by atoms with E-state index in [1.807, 2.05) is 0 Å². The average molecular weight is 181 g/mol. The third-order valence-corrected chi connectivity index (χ3v) is 2.44. The van der Waals surface area contributed by atoms with Gasteiger partial charge in [-0.15, -0.1) is 0 Å². The van der Waals surface area contributed by atoms with Crippen LogP contribution in [-0.2, 0) is 10.1 Å². The summed E-state index contributed by atoms with van der Waals surface area (Å²) in [5.74, 6) is -1.05. The fourth-order valence-corrected chi connectivity index (χ4v) is 1.49. The highest BCUT2D eigenvalue weighted by Crippen LogP contribution is 2.16. The van der Waals surface area contributed by atoms with Crippen molar-refractivity contribution in [1.82, 2.24) is 0 Å². The molecule has 0 saturated carbocycles. The molecule has 0 aromatic heterocycles. The summed E-state index contributed by atoms with van der Waals surface area (Å²) >= 11 is 0. The molecule has 2 atom stereocenters. The van der Waals surface area contributed by atoms with Crippen molar-refractivity contribution in [2.45, 2.75) is 19.4 Å². The second-order valence-corrected chi connectivity index (χ2v) is 4.50. The van der Waals surface area contributed by atoms with Crippen molar-refractivity contribution in [2.24, 2.45) is 5.92 Å². The normalized spacial score (nSPS) is 16.5. The van der Waals surface area contributed by atoms with E-state index in [2.05, 4.69) is 6.92 Å². The second-order valence-electron chi connectivity index (χ2n) is 3.01. The predicted octanol–water partition coefficient (Wildman–Crippen LogP) is 0.0954. The van der Waals surface area contributed by atoms with Gasteiger partial charge in [-0.3, -0.25) is 4.55 Å². The molecule has 0 bridgehead atoms. The molecule has 0 saturated heterocycles. The molecule has 1 radical (unpaired) electrons. The molecule has 11 heavy (non-hydrogen) atoms. The molecule has 0 aromatic carbocycles. The van der Waals surface area contributed by atoms with Crippen molar-refractivity contribution in [3.05, 3.63) is 6.92 Å². The Morgan fingerprint density at radius 3 is 2.09 bits per heavy atom. The second kappa shape index (κ2) is 3.08. The highest BCUT2D eigenvalue weighted by molar-refractivity contribution is 7.85. The Morgan fingerprint density at radius 1 is 1.64 bits per heavy atom. The zero-order valence-electron chi connectivity index (χ0n) is 6.61. The van der Waals surface area contributed by atoms with Gasteiger partial charge in [0.05, 0.1) is 11.4 Å². The fourth-order valence-electron chi connectivity index (χ4n) is 0.495. The van der Waals surface area contributed by atoms with E-state index in [1.54, 1.807) is 0 Å². The van der Waals surface area contributed by atoms with Crippen LogP contribution < -0.4 is 0 Å². The molecule has 2 unspecified atom stereocenters. The molecular weight excluding hydrogens is 168 g/mol. The standard InChI is InChI=1S/C6H13O4S/c1-5(6(2,3)7)4-11(8,9)10/h5,7H,2,4H2,1,3H3,(H,8,9,10). The summed E-state index contributed by atoms with van der Waals surface area (Å²) in [6.07, 6.45) is 0. The molecule has 5 heteroatoms. The lowest BCUT2D eigenvalue weighted by molar-refractivity contribution is 0.0602. The Bertz CT molecular complexity index is 211. The van der Waals surface area contributed by atoms with Crippen LogP contribution in [0.2, 0.25) is 0 Å². The topological polar surface area (TPSA) is 74.6 Å². The van der Waals surface area contributed by atoms with Crippen LogP contribution in [0, 0.1) is 12.8 Å². The van der Waals surface area contributed by atoms with Gasteiger partial charge in [-0.25, -0.2) is 0 Å². The summed E-state index contributed by atoms with van der Waals surface area (Å²) in [6, 6.07) is 0. The maximum absolute atomic E-state index is 10.3. The van der Waals surface area contributed by atoms with Crippen molar-refractivity contribution < 1.29 is 18.1 Å². The van der Waals surface area contributed by atoms with Crippen molar-refractivity contribution in [1.29, 1.82) is 0 Å². The zero-order valence-corrected chi connectivity index (χ0v) is 7.43. The van der Waals surface area contributed by atoms with Crippen molar-refractivity contribution in [3.63, 3.8) is 0 Å². The van der Waals surface area contributed by atoms with Crippen LogP contribution in [-0.4, -0.2) is 29.4 Å². The van der Waals surface area contributed by atoms with Gasteiger partial charge in [0, 0.05) is 5.92 Å². The molecule has 4 nitrogen and oxygen atoms in total. The third-order valence-electron chi connectivity index (χ3n) is 1.52. The first-order valence-corrected chi connectivity index (χ1v) is 4.77. The minimum absolute atomic E-state index is 0.469. The molecule has 67 valence electrons. The van der Waals surface area contributed by atoms with E-state index in [4.69, 9.17) is 9.66 Å². The number of hydrogen-bond donors (Lipinski definition) is 2. The van der Waals surface area contributed by atoms with Gasteiger partial charge in [-0.2, -0.15) is 8.42 Å². The van der Waals surface area contributed by atoms with Crippen LogP contribution in [0.15, 0.2) is 0 Å². The van der Waals surface area contributed by atoms with Crippen molar-refractivity contribution >= 4 is 10.1 Å². The largest absolute Gasteiger partial charge is 0.390 e. The number of aliphatic hydroxyl groups is 1. The Kier molecular flexibility index (Phi) is 3.05. The molecule has 0 fully saturated rings. The fraction of sp³-hybridized carbons (Fsp3) is 0.833. The van der Waals surface area contributed by atoms with Crippen LogP contribution >= 0.6 is 0 Å². The molecule has 0 aliphatic carbocycles. The van der Waals surface area contributed by atoms with Crippen molar-refractivity contribution in [2.75, 3.05) is 5.75 Å². The minimum Gasteiger partial charge on any atom is -0.390 e. The summed E-state index contributed by atoms with van der Waals surface area (Å²) in [4.78, 5) is 0. The van der Waals surface area contributed by atoms with Crippen LogP contribution in [0.4, 0.5) is 0 Å². The minimum atomic E-state index is -4.01. The van der Waals surface area contributed by atoms with Gasteiger partial charge in [0.15, 0.2) is 0 Å². The highest BCUT2D eigenvalue weighted by Gasteiger charge is 2.26. The Balaban J connectivity index is 4.21. The molecule has 0 aromatic rings. The Labute approximate surface area is 67.0 Å². The van der Waals surface area contributed by atoms with E-state index in [0.717, 1.165) is 0 Å². The molecule has 0 aliphatic heterocycles. The molecule has 0 rings (SSSR count). The first kappa shape index (κ1) is 10.9. The van der Waals surface area contributed by atoms with Gasteiger partial charge in [0.1, 0.15) is 0 Å². The van der Waals surface area contributed by atoms with Gasteiger partial charge in [0.25, 0.3) is 10.1 Å². The van der Waals surface area contributed by atoms with Crippen molar-refractivity contribution in [3.8, 4) is 0 Å². The van der Waals surface area contributed by atoms with Crippen LogP contribution in [0.5, 0.6) is 0 Å². The van der Waals surface area contributed by atoms with Gasteiger partial charge in [-0.05, 0) is 13.8 Å². The van der Waals surface area contributed by atoms with Gasteiger partial charge in [0.2, 0.25) is 0 Å². The van der Waals surface area contributed by atoms with Crippen LogP contribution in [0.1, 0.15) is 13.8 Å². The number of hydrogen-bond acceptors (Lipinski definition) is 3. The van der Waals surface area contributed by atoms with E-state index in [0.29, 0.717) is 0 Å². The van der Waals surface area contributed by atoms with E-state index in [1.165, 1.54) is 13.8 Å². The molecule has 0 spiro atoms. The van der Waals surface area contributed by atoms with E-state index < -0.39 is 27.4 Å². The molecule has 0 amide bonds. The number of rotatable bonds is 3. The first-order valence-electron chi connectivity index (χ1n) is 3.16. The lowest BCUT2D eigenvalue weighted by Crippen LogP contribution is -2.33. The monoisotopic (exact) mass is 181 g/mol. The summed E-state index contributed by atoms with van der Waals surface area (Å²) in [5, 5.41) is 9.16. The molecular formula is C6H13O4S. The van der Waals surface area contributed by atoms with Crippen LogP contribution in [0.25, 0.3) is 0 Å². The quantitative estimate of drug-likeness (QED) is 0.605. The van der Waals surface area contributed by atoms with E-state index in [9.17, 15) is 8.42 Å². The maximum atomic E-state index is 10.3. The van der Waals surface area contributed by atoms with Gasteiger partial charge >= 0.3 is 0 Å². The summed E-state index contributed by atoms with van der Waals surface area (Å²) < 4.78 is 29.0. The smallest absolute Gasteiger partial charge is 0.265 e. The zero-order chi connectivity index (χ0) is 9.28. The third kappa shape index (κ3) is 5.17. The van der Waals surface area contributed by atoms with E-state index >= 15 is 0 Å². The summed E-state index contributed by atoms with van der Waals surface area (Å²) in [6.45, 7) is 6.23. The SMILES string of the molecule is [CH2]C(C)(O)C(C)CS(=O)(=O)O. The van der Waals surface area contributed by atoms with E-state index in [-0.39, 0.29) is 0 Å². The lowest BCUT2D eigenvalue weighted by Gasteiger charge is -2.23.